The fourth-order valence-corrected chi connectivity index (χ4v) is 5.73. The summed E-state index contributed by atoms with van der Waals surface area (Å²) in [5.74, 6) is -0.379. The zero-order chi connectivity index (χ0) is 21.5. The highest BCUT2D eigenvalue weighted by atomic mass is 35.5. The highest BCUT2D eigenvalue weighted by Crippen LogP contribution is 2.34. The number of halogens is 1. The van der Waals surface area contributed by atoms with Crippen LogP contribution in [-0.4, -0.2) is 50.5 Å². The Bertz CT molecular complexity index is 1250. The molecule has 0 radical (unpaired) electrons. The highest BCUT2D eigenvalue weighted by molar-refractivity contribution is 7.91. The number of morpholine rings is 1. The van der Waals surface area contributed by atoms with Gasteiger partial charge in [0.15, 0.2) is 0 Å². The van der Waals surface area contributed by atoms with Crippen LogP contribution in [0.4, 0.5) is 0 Å². The van der Waals surface area contributed by atoms with Gasteiger partial charge in [0.05, 0.1) is 34.1 Å². The molecule has 6 nitrogen and oxygen atoms in total. The third-order valence-electron chi connectivity index (χ3n) is 5.20. The number of nitrogens with zero attached hydrogens (tertiary/aromatic N) is 2. The third-order valence-corrected chi connectivity index (χ3v) is 7.45. The summed E-state index contributed by atoms with van der Waals surface area (Å²) in [7, 11) is -4.02. The molecule has 156 valence electrons. The molecule has 8 heteroatoms. The molecule has 0 aliphatic carbocycles. The summed E-state index contributed by atoms with van der Waals surface area (Å²) in [6.45, 7) is 5.28. The number of hydrogen-bond donors (Lipinski definition) is 0. The Labute approximate surface area is 180 Å². The Morgan fingerprint density at radius 1 is 1.10 bits per heavy atom. The number of carbonyl (C=O) groups excluding carboxylic acids is 1. The van der Waals surface area contributed by atoms with E-state index in [9.17, 15) is 13.2 Å². The summed E-state index contributed by atoms with van der Waals surface area (Å²) in [5, 5.41) is 0.707. The summed E-state index contributed by atoms with van der Waals surface area (Å²) < 4.78 is 33.0. The van der Waals surface area contributed by atoms with E-state index in [-0.39, 0.29) is 21.3 Å². The second-order valence-corrected chi connectivity index (χ2v) is 9.63. The standard InChI is InChI=1S/C22H21ClN2O4S/c1-14-3-6-20(15(2)11-14)30(27,28)21-17-12-16(23)4-5-19(17)24-13-18(21)22(26)25-7-9-29-10-8-25/h3-6,11-13H,7-10H2,1-2H3. The van der Waals surface area contributed by atoms with Gasteiger partial charge in [-0.05, 0) is 43.7 Å². The molecule has 1 fully saturated rings. The van der Waals surface area contributed by atoms with Gasteiger partial charge in [-0.25, -0.2) is 8.42 Å². The summed E-state index contributed by atoms with van der Waals surface area (Å²) in [4.78, 5) is 19.3. The molecule has 0 bridgehead atoms. The van der Waals surface area contributed by atoms with Gasteiger partial charge in [0, 0.05) is 29.7 Å². The zero-order valence-corrected chi connectivity index (χ0v) is 18.3. The molecule has 1 aromatic heterocycles. The Morgan fingerprint density at radius 2 is 1.83 bits per heavy atom. The second kappa shape index (κ2) is 7.98. The van der Waals surface area contributed by atoms with Crippen LogP contribution in [0, 0.1) is 13.8 Å². The van der Waals surface area contributed by atoms with Crippen molar-refractivity contribution >= 4 is 38.2 Å². The van der Waals surface area contributed by atoms with Gasteiger partial charge >= 0.3 is 0 Å². The van der Waals surface area contributed by atoms with E-state index in [1.54, 1.807) is 42.2 Å². The van der Waals surface area contributed by atoms with Crippen molar-refractivity contribution in [2.24, 2.45) is 0 Å². The minimum Gasteiger partial charge on any atom is -0.378 e. The van der Waals surface area contributed by atoms with Gasteiger partial charge in [0.2, 0.25) is 9.84 Å². The lowest BCUT2D eigenvalue weighted by atomic mass is 10.1. The Morgan fingerprint density at radius 3 is 2.53 bits per heavy atom. The quantitative estimate of drug-likeness (QED) is 0.614. The van der Waals surface area contributed by atoms with Crippen LogP contribution in [0.25, 0.3) is 10.9 Å². The molecule has 0 atom stereocenters. The molecule has 1 amide bonds. The predicted molar refractivity (Wildman–Crippen MR) is 115 cm³/mol. The van der Waals surface area contributed by atoms with E-state index in [0.717, 1.165) is 5.56 Å². The fraction of sp³-hybridized carbons (Fsp3) is 0.273. The van der Waals surface area contributed by atoms with Crippen molar-refractivity contribution in [3.8, 4) is 0 Å². The summed E-state index contributed by atoms with van der Waals surface area (Å²) in [6.07, 6.45) is 1.35. The Hall–Kier alpha value is -2.48. The van der Waals surface area contributed by atoms with Crippen LogP contribution in [0.15, 0.2) is 52.4 Å². The normalized spacial score (nSPS) is 14.8. The third kappa shape index (κ3) is 3.69. The molecule has 0 N–H and O–H groups in total. The average molecular weight is 445 g/mol. The van der Waals surface area contributed by atoms with Gasteiger partial charge < -0.3 is 9.64 Å². The van der Waals surface area contributed by atoms with Crippen LogP contribution in [0.5, 0.6) is 0 Å². The minimum atomic E-state index is -4.02. The largest absolute Gasteiger partial charge is 0.378 e. The number of aromatic nitrogens is 1. The topological polar surface area (TPSA) is 76.6 Å². The maximum atomic E-state index is 13.8. The van der Waals surface area contributed by atoms with Crippen molar-refractivity contribution in [1.82, 2.24) is 9.88 Å². The zero-order valence-electron chi connectivity index (χ0n) is 16.7. The molecule has 1 saturated heterocycles. The molecule has 1 aliphatic rings. The van der Waals surface area contributed by atoms with Crippen LogP contribution in [0.3, 0.4) is 0 Å². The van der Waals surface area contributed by atoms with E-state index < -0.39 is 9.84 Å². The molecule has 0 spiro atoms. The first-order valence-electron chi connectivity index (χ1n) is 9.56. The van der Waals surface area contributed by atoms with E-state index in [1.165, 1.54) is 6.20 Å². The van der Waals surface area contributed by atoms with Gasteiger partial charge in [-0.2, -0.15) is 0 Å². The van der Waals surface area contributed by atoms with Gasteiger partial charge in [0.1, 0.15) is 0 Å². The van der Waals surface area contributed by atoms with Crippen LogP contribution in [0.1, 0.15) is 21.5 Å². The molecule has 3 aromatic rings. The number of rotatable bonds is 3. The predicted octanol–water partition coefficient (Wildman–Crippen LogP) is 3.81. The smallest absolute Gasteiger partial charge is 0.256 e. The van der Waals surface area contributed by atoms with E-state index in [2.05, 4.69) is 4.98 Å². The van der Waals surface area contributed by atoms with Crippen molar-refractivity contribution in [3.05, 3.63) is 64.3 Å². The molecule has 30 heavy (non-hydrogen) atoms. The van der Waals surface area contributed by atoms with Crippen LogP contribution < -0.4 is 0 Å². The molecule has 0 unspecified atom stereocenters. The molecule has 1 aliphatic heterocycles. The van der Waals surface area contributed by atoms with Crippen LogP contribution in [0.2, 0.25) is 5.02 Å². The SMILES string of the molecule is Cc1ccc(S(=O)(=O)c2c(C(=O)N3CCOCC3)cnc3ccc(Cl)cc23)c(C)c1. The number of fused-ring (bicyclic) bond motifs is 1. The first-order chi connectivity index (χ1) is 14.3. The van der Waals surface area contributed by atoms with Crippen molar-refractivity contribution in [2.45, 2.75) is 23.6 Å². The molecular formula is C22H21ClN2O4S. The monoisotopic (exact) mass is 444 g/mol. The first-order valence-corrected chi connectivity index (χ1v) is 11.4. The molecule has 2 aromatic carbocycles. The Kier molecular flexibility index (Phi) is 5.53. The maximum Gasteiger partial charge on any atom is 0.256 e. The molecular weight excluding hydrogens is 424 g/mol. The number of carbonyl (C=O) groups is 1. The lowest BCUT2D eigenvalue weighted by Crippen LogP contribution is -2.41. The molecule has 2 heterocycles. The molecule has 4 rings (SSSR count). The Balaban J connectivity index is 2.00. The summed E-state index contributed by atoms with van der Waals surface area (Å²) in [6, 6.07) is 10.00. The van der Waals surface area contributed by atoms with Crippen LogP contribution in [-0.2, 0) is 14.6 Å². The van der Waals surface area contributed by atoms with Gasteiger partial charge in [0.25, 0.3) is 5.91 Å². The van der Waals surface area contributed by atoms with E-state index in [0.29, 0.717) is 47.8 Å². The number of sulfone groups is 1. The maximum absolute atomic E-state index is 13.8. The number of amides is 1. The summed E-state index contributed by atoms with van der Waals surface area (Å²) in [5.41, 5.74) is 2.08. The fourth-order valence-electron chi connectivity index (χ4n) is 3.73. The number of pyridine rings is 1. The lowest BCUT2D eigenvalue weighted by Gasteiger charge is -2.27. The van der Waals surface area contributed by atoms with E-state index >= 15 is 0 Å². The second-order valence-electron chi connectivity index (χ2n) is 7.34. The average Bonchev–Trinajstić information content (AvgIpc) is 2.72. The van der Waals surface area contributed by atoms with Gasteiger partial charge in [-0.1, -0.05) is 29.3 Å². The number of ether oxygens (including phenoxy) is 1. The van der Waals surface area contributed by atoms with Gasteiger partial charge in [-0.15, -0.1) is 0 Å². The van der Waals surface area contributed by atoms with Crippen molar-refractivity contribution < 1.29 is 17.9 Å². The van der Waals surface area contributed by atoms with Crippen molar-refractivity contribution in [3.63, 3.8) is 0 Å². The number of benzene rings is 2. The van der Waals surface area contributed by atoms with Gasteiger partial charge in [-0.3, -0.25) is 9.78 Å². The lowest BCUT2D eigenvalue weighted by molar-refractivity contribution is 0.0300. The number of hydrogen-bond acceptors (Lipinski definition) is 5. The van der Waals surface area contributed by atoms with Crippen LogP contribution >= 0.6 is 11.6 Å². The minimum absolute atomic E-state index is 0.0478. The first kappa shape index (κ1) is 20.8. The van der Waals surface area contributed by atoms with Crippen molar-refractivity contribution in [1.29, 1.82) is 0 Å². The highest BCUT2D eigenvalue weighted by Gasteiger charge is 2.31. The summed E-state index contributed by atoms with van der Waals surface area (Å²) >= 11 is 6.18. The van der Waals surface area contributed by atoms with E-state index in [1.807, 2.05) is 13.0 Å². The number of aryl methyl sites for hydroxylation is 2. The molecule has 0 saturated carbocycles. The van der Waals surface area contributed by atoms with Crippen molar-refractivity contribution in [2.75, 3.05) is 26.3 Å². The van der Waals surface area contributed by atoms with E-state index in [4.69, 9.17) is 16.3 Å².